The molecule has 1 aromatic heterocycles. The molecule has 0 bridgehead atoms. The highest BCUT2D eigenvalue weighted by Crippen LogP contribution is 2.15. The number of sulfonamides is 1. The number of hydrogen-bond acceptors (Lipinski definition) is 5. The van der Waals surface area contributed by atoms with Gasteiger partial charge < -0.3 is 11.5 Å². The van der Waals surface area contributed by atoms with Crippen LogP contribution in [-0.2, 0) is 21.4 Å². The van der Waals surface area contributed by atoms with Crippen LogP contribution in [0.5, 0.6) is 0 Å². The third kappa shape index (κ3) is 2.70. The van der Waals surface area contributed by atoms with Gasteiger partial charge in [0.2, 0.25) is 15.9 Å². The largest absolute Gasteiger partial charge is 0.381 e. The van der Waals surface area contributed by atoms with Crippen LogP contribution in [0.3, 0.4) is 0 Å². The zero-order valence-electron chi connectivity index (χ0n) is 8.67. The van der Waals surface area contributed by atoms with E-state index in [0.29, 0.717) is 6.54 Å². The minimum atomic E-state index is -3.83. The third-order valence-corrected chi connectivity index (χ3v) is 3.22. The van der Waals surface area contributed by atoms with Crippen LogP contribution in [0.2, 0.25) is 0 Å². The van der Waals surface area contributed by atoms with Gasteiger partial charge in [-0.05, 0) is 6.92 Å². The van der Waals surface area contributed by atoms with Gasteiger partial charge in [0, 0.05) is 12.7 Å². The highest BCUT2D eigenvalue weighted by atomic mass is 32.2. The van der Waals surface area contributed by atoms with E-state index in [9.17, 15) is 13.2 Å². The van der Waals surface area contributed by atoms with Gasteiger partial charge >= 0.3 is 0 Å². The first-order chi connectivity index (χ1) is 7.36. The first-order valence-corrected chi connectivity index (χ1v) is 5.96. The van der Waals surface area contributed by atoms with Crippen molar-refractivity contribution in [2.75, 3.05) is 12.3 Å². The molecule has 0 saturated carbocycles. The van der Waals surface area contributed by atoms with Gasteiger partial charge in [0.05, 0.1) is 6.54 Å². The average Bonchev–Trinajstić information content (AvgIpc) is 2.57. The maximum absolute atomic E-state index is 11.6. The standard InChI is InChI=1S/C7H13N5O3S/c1-2-12-4-5(7(9)11-12)16(14,15)10-3-6(8)13/h4,10H,2-3H2,1H3,(H2,8,13)(H2,9,11). The summed E-state index contributed by atoms with van der Waals surface area (Å²) < 4.78 is 26.7. The van der Waals surface area contributed by atoms with Crippen molar-refractivity contribution in [1.29, 1.82) is 0 Å². The summed E-state index contributed by atoms with van der Waals surface area (Å²) in [6, 6.07) is 0. The number of amides is 1. The molecule has 9 heteroatoms. The third-order valence-electron chi connectivity index (χ3n) is 1.80. The van der Waals surface area contributed by atoms with E-state index in [1.807, 2.05) is 4.72 Å². The molecular weight excluding hydrogens is 234 g/mol. The quantitative estimate of drug-likeness (QED) is 0.567. The highest BCUT2D eigenvalue weighted by Gasteiger charge is 2.21. The summed E-state index contributed by atoms with van der Waals surface area (Å²) in [6.07, 6.45) is 1.29. The number of nitrogen functional groups attached to an aromatic ring is 1. The minimum absolute atomic E-state index is 0.112. The summed E-state index contributed by atoms with van der Waals surface area (Å²) in [4.78, 5) is 10.3. The molecule has 1 heterocycles. The number of rotatable bonds is 5. The van der Waals surface area contributed by atoms with Crippen LogP contribution >= 0.6 is 0 Å². The predicted molar refractivity (Wildman–Crippen MR) is 56.7 cm³/mol. The van der Waals surface area contributed by atoms with Crippen LogP contribution in [0.4, 0.5) is 5.82 Å². The van der Waals surface area contributed by atoms with Gasteiger partial charge in [-0.15, -0.1) is 0 Å². The van der Waals surface area contributed by atoms with Gasteiger partial charge in [-0.3, -0.25) is 9.48 Å². The summed E-state index contributed by atoms with van der Waals surface area (Å²) in [7, 11) is -3.83. The predicted octanol–water partition coefficient (Wildman–Crippen LogP) is -1.75. The molecule has 5 N–H and O–H groups in total. The number of nitrogens with two attached hydrogens (primary N) is 2. The lowest BCUT2D eigenvalue weighted by atomic mass is 10.6. The fourth-order valence-corrected chi connectivity index (χ4v) is 2.10. The number of aryl methyl sites for hydroxylation is 1. The fraction of sp³-hybridized carbons (Fsp3) is 0.429. The van der Waals surface area contributed by atoms with E-state index in [0.717, 1.165) is 0 Å². The lowest BCUT2D eigenvalue weighted by Gasteiger charge is -2.02. The highest BCUT2D eigenvalue weighted by molar-refractivity contribution is 7.89. The van der Waals surface area contributed by atoms with E-state index in [4.69, 9.17) is 11.5 Å². The molecule has 0 saturated heterocycles. The molecule has 0 atom stereocenters. The molecule has 0 fully saturated rings. The number of hydrogen-bond donors (Lipinski definition) is 3. The molecule has 90 valence electrons. The molecule has 0 spiro atoms. The molecule has 1 amide bonds. The van der Waals surface area contributed by atoms with Crippen LogP contribution in [0.15, 0.2) is 11.1 Å². The van der Waals surface area contributed by atoms with Crippen molar-refractivity contribution < 1.29 is 13.2 Å². The van der Waals surface area contributed by atoms with Crippen LogP contribution in [-0.4, -0.2) is 30.7 Å². The van der Waals surface area contributed by atoms with Gasteiger partial charge in [0.25, 0.3) is 0 Å². The molecule has 1 aromatic rings. The lowest BCUT2D eigenvalue weighted by molar-refractivity contribution is -0.116. The Morgan fingerprint density at radius 2 is 2.25 bits per heavy atom. The van der Waals surface area contributed by atoms with Crippen LogP contribution < -0.4 is 16.2 Å². The Morgan fingerprint density at radius 1 is 1.62 bits per heavy atom. The van der Waals surface area contributed by atoms with Crippen LogP contribution in [0, 0.1) is 0 Å². The topological polar surface area (TPSA) is 133 Å². The van der Waals surface area contributed by atoms with Crippen molar-refractivity contribution >= 4 is 21.7 Å². The zero-order valence-corrected chi connectivity index (χ0v) is 9.49. The van der Waals surface area contributed by atoms with Crippen molar-refractivity contribution in [3.63, 3.8) is 0 Å². The first-order valence-electron chi connectivity index (χ1n) is 4.47. The summed E-state index contributed by atoms with van der Waals surface area (Å²) >= 11 is 0. The lowest BCUT2D eigenvalue weighted by Crippen LogP contribution is -2.33. The second-order valence-electron chi connectivity index (χ2n) is 3.03. The molecule has 16 heavy (non-hydrogen) atoms. The minimum Gasteiger partial charge on any atom is -0.381 e. The summed E-state index contributed by atoms with van der Waals surface area (Å²) in [6.45, 7) is 1.81. The molecule has 0 aliphatic carbocycles. The van der Waals surface area contributed by atoms with E-state index in [2.05, 4.69) is 5.10 Å². The number of nitrogens with one attached hydrogen (secondary N) is 1. The van der Waals surface area contributed by atoms with E-state index >= 15 is 0 Å². The van der Waals surface area contributed by atoms with Crippen molar-refractivity contribution in [3.05, 3.63) is 6.20 Å². The molecule has 0 aromatic carbocycles. The Bertz CT molecular complexity index is 492. The molecule has 0 unspecified atom stereocenters. The second kappa shape index (κ2) is 4.49. The second-order valence-corrected chi connectivity index (χ2v) is 4.76. The summed E-state index contributed by atoms with van der Waals surface area (Å²) in [5.41, 5.74) is 10.3. The van der Waals surface area contributed by atoms with Crippen molar-refractivity contribution in [1.82, 2.24) is 14.5 Å². The Hall–Kier alpha value is -1.61. The number of aromatic nitrogens is 2. The van der Waals surface area contributed by atoms with Gasteiger partial charge in [-0.1, -0.05) is 0 Å². The number of nitrogens with zero attached hydrogens (tertiary/aromatic N) is 2. The SMILES string of the molecule is CCn1cc(S(=O)(=O)NCC(N)=O)c(N)n1. The molecule has 0 radical (unpaired) electrons. The van der Waals surface area contributed by atoms with E-state index in [1.165, 1.54) is 10.9 Å². The Kier molecular flexibility index (Phi) is 3.50. The van der Waals surface area contributed by atoms with Gasteiger partial charge in [-0.25, -0.2) is 13.1 Å². The van der Waals surface area contributed by atoms with Crippen molar-refractivity contribution in [2.45, 2.75) is 18.4 Å². The first kappa shape index (κ1) is 12.5. The molecular formula is C7H13N5O3S. The average molecular weight is 247 g/mol. The van der Waals surface area contributed by atoms with E-state index < -0.39 is 22.5 Å². The number of carbonyl (C=O) groups excluding carboxylic acids is 1. The number of primary amides is 1. The van der Waals surface area contributed by atoms with E-state index in [1.54, 1.807) is 6.92 Å². The maximum Gasteiger partial charge on any atom is 0.246 e. The zero-order chi connectivity index (χ0) is 12.3. The Labute approximate surface area is 92.7 Å². The monoisotopic (exact) mass is 247 g/mol. The van der Waals surface area contributed by atoms with Crippen LogP contribution in [0.1, 0.15) is 6.92 Å². The van der Waals surface area contributed by atoms with E-state index in [-0.39, 0.29) is 10.7 Å². The van der Waals surface area contributed by atoms with Crippen molar-refractivity contribution in [3.8, 4) is 0 Å². The molecule has 0 aliphatic rings. The molecule has 8 nitrogen and oxygen atoms in total. The summed E-state index contributed by atoms with van der Waals surface area (Å²) in [5.74, 6) is -0.885. The maximum atomic E-state index is 11.6. The molecule has 1 rings (SSSR count). The number of anilines is 1. The van der Waals surface area contributed by atoms with Gasteiger partial charge in [0.1, 0.15) is 4.90 Å². The Morgan fingerprint density at radius 3 is 2.69 bits per heavy atom. The fourth-order valence-electron chi connectivity index (χ4n) is 1.03. The smallest absolute Gasteiger partial charge is 0.246 e. The normalized spacial score (nSPS) is 11.6. The molecule has 0 aliphatic heterocycles. The van der Waals surface area contributed by atoms with Crippen molar-refractivity contribution in [2.24, 2.45) is 5.73 Å². The Balaban J connectivity index is 2.97. The summed E-state index contributed by atoms with van der Waals surface area (Å²) in [5, 5.41) is 3.78. The van der Waals surface area contributed by atoms with Crippen LogP contribution in [0.25, 0.3) is 0 Å². The number of carbonyl (C=O) groups is 1. The van der Waals surface area contributed by atoms with Gasteiger partial charge in [0.15, 0.2) is 5.82 Å². The van der Waals surface area contributed by atoms with Gasteiger partial charge in [-0.2, -0.15) is 5.10 Å².